The minimum atomic E-state index is -0.455. The Morgan fingerprint density at radius 3 is 2.93 bits per heavy atom. The second kappa shape index (κ2) is 3.82. The van der Waals surface area contributed by atoms with Gasteiger partial charge in [-0.3, -0.25) is 10.1 Å². The molecule has 0 aliphatic carbocycles. The third kappa shape index (κ3) is 1.89. The van der Waals surface area contributed by atoms with Crippen LogP contribution >= 0.6 is 0 Å². The van der Waals surface area contributed by atoms with Gasteiger partial charge in [-0.05, 0) is 13.0 Å². The predicted molar refractivity (Wildman–Crippen MR) is 52.9 cm³/mol. The summed E-state index contributed by atoms with van der Waals surface area (Å²) in [6.45, 7) is 3.10. The van der Waals surface area contributed by atoms with Crippen LogP contribution in [0.1, 0.15) is 5.56 Å². The number of aromatic nitrogens is 1. The molecule has 6 heteroatoms. The van der Waals surface area contributed by atoms with Crippen molar-refractivity contribution in [3.63, 3.8) is 0 Å². The number of pyridine rings is 1. The van der Waals surface area contributed by atoms with E-state index in [2.05, 4.69) is 10.3 Å². The quantitative estimate of drug-likeness (QED) is 0.584. The summed E-state index contributed by atoms with van der Waals surface area (Å²) in [5.41, 5.74) is 0.529. The average Bonchev–Trinajstić information content (AvgIpc) is 2.10. The largest absolute Gasteiger partial charge is 0.467 e. The number of hydrogen-bond donors (Lipinski definition) is 1. The van der Waals surface area contributed by atoms with E-state index in [-0.39, 0.29) is 17.7 Å². The molecule has 15 heavy (non-hydrogen) atoms. The van der Waals surface area contributed by atoms with Gasteiger partial charge in [0.25, 0.3) is 5.88 Å². The minimum Gasteiger partial charge on any atom is -0.467 e. The first-order valence-corrected chi connectivity index (χ1v) is 4.66. The number of hydrogen-bond acceptors (Lipinski definition) is 5. The Bertz CT molecular complexity index is 390. The fourth-order valence-corrected chi connectivity index (χ4v) is 1.34. The van der Waals surface area contributed by atoms with Crippen molar-refractivity contribution < 1.29 is 9.66 Å². The molecule has 2 rings (SSSR count). The van der Waals surface area contributed by atoms with Gasteiger partial charge in [0, 0.05) is 24.8 Å². The van der Waals surface area contributed by atoms with Crippen LogP contribution in [0, 0.1) is 17.0 Å². The van der Waals surface area contributed by atoms with Crippen LogP contribution in [0.25, 0.3) is 0 Å². The molecule has 1 aliphatic heterocycles. The molecule has 1 fully saturated rings. The lowest BCUT2D eigenvalue weighted by atomic mass is 10.2. The van der Waals surface area contributed by atoms with E-state index in [0.717, 1.165) is 0 Å². The van der Waals surface area contributed by atoms with Crippen LogP contribution in [0.5, 0.6) is 5.88 Å². The molecule has 0 bridgehead atoms. The Labute approximate surface area is 86.4 Å². The van der Waals surface area contributed by atoms with E-state index in [1.54, 1.807) is 13.0 Å². The zero-order chi connectivity index (χ0) is 10.8. The summed E-state index contributed by atoms with van der Waals surface area (Å²) in [4.78, 5) is 14.2. The standard InChI is InChI=1S/C9H11N3O3/c1-6-2-3-11-9(8(6)12(13)14)15-7-4-10-5-7/h2-3,7,10H,4-5H2,1H3. The molecule has 0 atom stereocenters. The van der Waals surface area contributed by atoms with E-state index >= 15 is 0 Å². The lowest BCUT2D eigenvalue weighted by molar-refractivity contribution is -0.387. The van der Waals surface area contributed by atoms with Crippen molar-refractivity contribution in [1.29, 1.82) is 0 Å². The Kier molecular flexibility index (Phi) is 2.51. The molecule has 0 amide bonds. The maximum absolute atomic E-state index is 10.8. The van der Waals surface area contributed by atoms with E-state index in [0.29, 0.717) is 18.7 Å². The van der Waals surface area contributed by atoms with Crippen LogP contribution < -0.4 is 10.1 Å². The summed E-state index contributed by atoms with van der Waals surface area (Å²) >= 11 is 0. The molecule has 1 aromatic heterocycles. The van der Waals surface area contributed by atoms with Crippen molar-refractivity contribution in [3.05, 3.63) is 27.9 Å². The van der Waals surface area contributed by atoms with Crippen LogP contribution in [0.4, 0.5) is 5.69 Å². The first-order chi connectivity index (χ1) is 7.18. The molecule has 1 N–H and O–H groups in total. The van der Waals surface area contributed by atoms with Gasteiger partial charge in [0.15, 0.2) is 0 Å². The molecular formula is C9H11N3O3. The Hall–Kier alpha value is -1.69. The number of ether oxygens (including phenoxy) is 1. The molecule has 2 heterocycles. The highest BCUT2D eigenvalue weighted by atomic mass is 16.6. The molecule has 1 aliphatic rings. The second-order valence-corrected chi connectivity index (χ2v) is 3.44. The highest BCUT2D eigenvalue weighted by molar-refractivity contribution is 5.47. The fraction of sp³-hybridized carbons (Fsp3) is 0.444. The highest BCUT2D eigenvalue weighted by Gasteiger charge is 2.25. The summed E-state index contributed by atoms with van der Waals surface area (Å²) in [6, 6.07) is 1.60. The Balaban J connectivity index is 2.27. The van der Waals surface area contributed by atoms with Crippen LogP contribution in [-0.2, 0) is 0 Å². The Morgan fingerprint density at radius 2 is 2.40 bits per heavy atom. The Morgan fingerprint density at radius 1 is 1.67 bits per heavy atom. The lowest BCUT2D eigenvalue weighted by Gasteiger charge is -2.26. The molecule has 0 aromatic carbocycles. The molecular weight excluding hydrogens is 198 g/mol. The summed E-state index contributed by atoms with van der Waals surface area (Å²) in [5.74, 6) is 0.117. The van der Waals surface area contributed by atoms with Gasteiger partial charge in [-0.1, -0.05) is 0 Å². The summed E-state index contributed by atoms with van der Waals surface area (Å²) < 4.78 is 5.41. The van der Waals surface area contributed by atoms with E-state index in [4.69, 9.17) is 4.74 Å². The SMILES string of the molecule is Cc1ccnc(OC2CNC2)c1[N+](=O)[O-]. The zero-order valence-corrected chi connectivity index (χ0v) is 8.27. The summed E-state index contributed by atoms with van der Waals surface area (Å²) in [5, 5.41) is 13.8. The maximum Gasteiger partial charge on any atom is 0.333 e. The van der Waals surface area contributed by atoms with Gasteiger partial charge in [0.1, 0.15) is 6.10 Å². The van der Waals surface area contributed by atoms with Crippen LogP contribution in [0.15, 0.2) is 12.3 Å². The third-order valence-electron chi connectivity index (χ3n) is 2.30. The third-order valence-corrected chi connectivity index (χ3v) is 2.30. The van der Waals surface area contributed by atoms with E-state index < -0.39 is 4.92 Å². The van der Waals surface area contributed by atoms with Crippen molar-refractivity contribution in [3.8, 4) is 5.88 Å². The van der Waals surface area contributed by atoms with E-state index in [1.807, 2.05) is 0 Å². The molecule has 0 saturated carbocycles. The topological polar surface area (TPSA) is 77.3 Å². The fourth-order valence-electron chi connectivity index (χ4n) is 1.34. The van der Waals surface area contributed by atoms with Gasteiger partial charge in [-0.25, -0.2) is 4.98 Å². The minimum absolute atomic E-state index is 0.00185. The van der Waals surface area contributed by atoms with Gasteiger partial charge in [0.05, 0.1) is 4.92 Å². The number of nitrogens with zero attached hydrogens (tertiary/aromatic N) is 2. The lowest BCUT2D eigenvalue weighted by Crippen LogP contribution is -2.50. The molecule has 1 aromatic rings. The van der Waals surface area contributed by atoms with Gasteiger partial charge >= 0.3 is 5.69 Å². The van der Waals surface area contributed by atoms with Crippen LogP contribution in [-0.4, -0.2) is 29.1 Å². The predicted octanol–water partition coefficient (Wildman–Crippen LogP) is 0.649. The van der Waals surface area contributed by atoms with E-state index in [9.17, 15) is 10.1 Å². The number of nitro groups is 1. The number of aryl methyl sites for hydroxylation is 1. The van der Waals surface area contributed by atoms with Crippen molar-refractivity contribution in [1.82, 2.24) is 10.3 Å². The maximum atomic E-state index is 10.8. The van der Waals surface area contributed by atoms with Crippen molar-refractivity contribution in [2.75, 3.05) is 13.1 Å². The smallest absolute Gasteiger partial charge is 0.333 e. The van der Waals surface area contributed by atoms with Crippen molar-refractivity contribution >= 4 is 5.69 Å². The number of nitrogens with one attached hydrogen (secondary N) is 1. The van der Waals surface area contributed by atoms with Gasteiger partial charge in [0.2, 0.25) is 0 Å². The monoisotopic (exact) mass is 209 g/mol. The summed E-state index contributed by atoms with van der Waals surface area (Å²) in [7, 11) is 0. The molecule has 0 unspecified atom stereocenters. The van der Waals surface area contributed by atoms with Crippen molar-refractivity contribution in [2.45, 2.75) is 13.0 Å². The van der Waals surface area contributed by atoms with Crippen LogP contribution in [0.3, 0.4) is 0 Å². The normalized spacial score (nSPS) is 15.8. The second-order valence-electron chi connectivity index (χ2n) is 3.44. The van der Waals surface area contributed by atoms with Gasteiger partial charge in [-0.15, -0.1) is 0 Å². The molecule has 80 valence electrons. The zero-order valence-electron chi connectivity index (χ0n) is 8.27. The molecule has 1 saturated heterocycles. The molecule has 6 nitrogen and oxygen atoms in total. The first kappa shape index (κ1) is 9.85. The highest BCUT2D eigenvalue weighted by Crippen LogP contribution is 2.28. The first-order valence-electron chi connectivity index (χ1n) is 4.66. The summed E-state index contributed by atoms with van der Waals surface area (Å²) in [6.07, 6.45) is 1.52. The number of rotatable bonds is 3. The van der Waals surface area contributed by atoms with Gasteiger partial charge in [-0.2, -0.15) is 0 Å². The average molecular weight is 209 g/mol. The molecule has 0 spiro atoms. The van der Waals surface area contributed by atoms with Crippen LogP contribution in [0.2, 0.25) is 0 Å². The van der Waals surface area contributed by atoms with E-state index in [1.165, 1.54) is 6.20 Å². The van der Waals surface area contributed by atoms with Gasteiger partial charge < -0.3 is 10.1 Å². The van der Waals surface area contributed by atoms with Crippen molar-refractivity contribution in [2.24, 2.45) is 0 Å². The molecule has 0 radical (unpaired) electrons.